The van der Waals surface area contributed by atoms with Crippen LogP contribution in [0, 0.1) is 5.92 Å². The van der Waals surface area contributed by atoms with Crippen molar-refractivity contribution in [2.24, 2.45) is 5.92 Å². The van der Waals surface area contributed by atoms with Crippen molar-refractivity contribution >= 4 is 21.6 Å². The molecule has 1 amide bonds. The van der Waals surface area contributed by atoms with Gasteiger partial charge in [0.2, 0.25) is 15.9 Å². The summed E-state index contributed by atoms with van der Waals surface area (Å²) in [6.45, 7) is 6.79. The Balaban J connectivity index is 1.56. The molecule has 6 nitrogen and oxygen atoms in total. The Morgan fingerprint density at radius 3 is 1.94 bits per heavy atom. The predicted octanol–water partition coefficient (Wildman–Crippen LogP) is 4.16. The Hall–Kier alpha value is -2.22. The second kappa shape index (κ2) is 9.33. The molecule has 0 aromatic heterocycles. The first-order valence-corrected chi connectivity index (χ1v) is 12.6. The summed E-state index contributed by atoms with van der Waals surface area (Å²) in [5.74, 6) is -0.192. The zero-order chi connectivity index (χ0) is 23.6. The van der Waals surface area contributed by atoms with E-state index in [0.717, 1.165) is 11.1 Å². The number of rotatable bonds is 6. The fraction of sp³-hybridized carbons (Fsp3) is 0.480. The molecular formula is C25H34N2O4S. The number of anilines is 1. The van der Waals surface area contributed by atoms with E-state index in [2.05, 4.69) is 10.0 Å². The number of carbonyl (C=O) groups is 1. The van der Waals surface area contributed by atoms with Gasteiger partial charge in [0.05, 0.1) is 4.75 Å². The second-order valence-corrected chi connectivity index (χ2v) is 12.3. The van der Waals surface area contributed by atoms with Crippen molar-refractivity contribution < 1.29 is 18.3 Å². The fourth-order valence-electron chi connectivity index (χ4n) is 3.92. The average Bonchev–Trinajstić information content (AvgIpc) is 2.74. The Labute approximate surface area is 191 Å². The fourth-order valence-corrected chi connectivity index (χ4v) is 4.95. The molecule has 1 atom stereocenters. The van der Waals surface area contributed by atoms with Gasteiger partial charge in [-0.05, 0) is 76.6 Å². The van der Waals surface area contributed by atoms with Crippen LogP contribution in [0.5, 0.6) is 0 Å². The van der Waals surface area contributed by atoms with Crippen LogP contribution in [0.3, 0.4) is 0 Å². The van der Waals surface area contributed by atoms with Crippen LogP contribution in [0.15, 0.2) is 54.6 Å². The predicted molar refractivity (Wildman–Crippen MR) is 128 cm³/mol. The van der Waals surface area contributed by atoms with E-state index in [4.69, 9.17) is 0 Å². The maximum absolute atomic E-state index is 12.7. The van der Waals surface area contributed by atoms with Gasteiger partial charge in [-0.2, -0.15) is 0 Å². The normalized spacial score (nSPS) is 21.5. The summed E-state index contributed by atoms with van der Waals surface area (Å²) in [5.41, 5.74) is 1.10. The van der Waals surface area contributed by atoms with Gasteiger partial charge in [0.1, 0.15) is 5.60 Å². The molecule has 7 heteroatoms. The maximum atomic E-state index is 12.7. The van der Waals surface area contributed by atoms with Crippen LogP contribution in [0.25, 0.3) is 0 Å². The summed E-state index contributed by atoms with van der Waals surface area (Å²) >= 11 is 0. The van der Waals surface area contributed by atoms with Crippen molar-refractivity contribution in [2.45, 2.75) is 69.8 Å². The van der Waals surface area contributed by atoms with Crippen LogP contribution in [0.4, 0.5) is 5.69 Å². The third-order valence-electron chi connectivity index (χ3n) is 6.28. The number of carbonyl (C=O) groups excluding carboxylic acids is 1. The maximum Gasteiger partial charge on any atom is 0.227 e. The molecule has 1 unspecified atom stereocenters. The van der Waals surface area contributed by atoms with E-state index in [9.17, 15) is 18.3 Å². The largest absolute Gasteiger partial charge is 0.381 e. The zero-order valence-corrected chi connectivity index (χ0v) is 20.1. The van der Waals surface area contributed by atoms with Crippen LogP contribution in [-0.2, 0) is 20.4 Å². The molecule has 0 radical (unpaired) electrons. The Morgan fingerprint density at radius 1 is 0.875 bits per heavy atom. The third kappa shape index (κ3) is 5.57. The summed E-state index contributed by atoms with van der Waals surface area (Å²) in [6, 6.07) is 16.6. The summed E-state index contributed by atoms with van der Waals surface area (Å²) in [7, 11) is -3.39. The lowest BCUT2D eigenvalue weighted by atomic mass is 9.86. The standard InChI is InChI=1S/C25H34N2O4S/c1-24(2,3)32(30,31)27-22-14-10-18(11-15-22)23(28)26-21-16-12-20(13-17-21)25(4,29)19-8-6-5-7-9-19/h5-9,12-13,16-18,22,27,29H,10-11,14-15H2,1-4H3,(H,26,28)/t18-,22-,25?. The lowest BCUT2D eigenvalue weighted by Gasteiger charge is -2.30. The summed E-state index contributed by atoms with van der Waals surface area (Å²) in [5, 5.41) is 13.9. The highest BCUT2D eigenvalue weighted by molar-refractivity contribution is 7.90. The summed E-state index contributed by atoms with van der Waals surface area (Å²) < 4.78 is 26.7. The Kier molecular flexibility index (Phi) is 7.12. The van der Waals surface area contributed by atoms with Crippen LogP contribution in [-0.4, -0.2) is 30.2 Å². The number of hydrogen-bond donors (Lipinski definition) is 3. The molecule has 3 rings (SSSR count). The van der Waals surface area contributed by atoms with Gasteiger partial charge < -0.3 is 10.4 Å². The minimum absolute atomic E-state index is 0.0512. The van der Waals surface area contributed by atoms with Crippen molar-refractivity contribution in [1.82, 2.24) is 4.72 Å². The molecule has 1 aliphatic rings. The van der Waals surface area contributed by atoms with Crippen molar-refractivity contribution in [3.05, 3.63) is 65.7 Å². The van der Waals surface area contributed by atoms with Gasteiger partial charge in [-0.3, -0.25) is 4.79 Å². The van der Waals surface area contributed by atoms with Crippen molar-refractivity contribution in [3.8, 4) is 0 Å². The molecule has 3 N–H and O–H groups in total. The summed E-state index contributed by atoms with van der Waals surface area (Å²) in [6.07, 6.45) is 2.58. The van der Waals surface area contributed by atoms with Crippen molar-refractivity contribution in [1.29, 1.82) is 0 Å². The van der Waals surface area contributed by atoms with Crippen molar-refractivity contribution in [3.63, 3.8) is 0 Å². The minimum Gasteiger partial charge on any atom is -0.381 e. The lowest BCUT2D eigenvalue weighted by Crippen LogP contribution is -2.46. The smallest absolute Gasteiger partial charge is 0.227 e. The summed E-state index contributed by atoms with van der Waals surface area (Å²) in [4.78, 5) is 12.7. The molecule has 32 heavy (non-hydrogen) atoms. The van der Waals surface area contributed by atoms with E-state index < -0.39 is 20.4 Å². The second-order valence-electron chi connectivity index (χ2n) is 9.79. The number of benzene rings is 2. The first-order valence-electron chi connectivity index (χ1n) is 11.1. The molecule has 174 valence electrons. The van der Waals surface area contributed by atoms with E-state index >= 15 is 0 Å². The highest BCUT2D eigenvalue weighted by Crippen LogP contribution is 2.31. The first-order chi connectivity index (χ1) is 14.9. The molecule has 1 saturated carbocycles. The molecule has 1 fully saturated rings. The lowest BCUT2D eigenvalue weighted by molar-refractivity contribution is -0.120. The Morgan fingerprint density at radius 2 is 1.41 bits per heavy atom. The van der Waals surface area contributed by atoms with E-state index in [-0.39, 0.29) is 17.9 Å². The molecule has 1 aliphatic carbocycles. The highest BCUT2D eigenvalue weighted by atomic mass is 32.2. The van der Waals surface area contributed by atoms with E-state index in [0.29, 0.717) is 31.4 Å². The third-order valence-corrected chi connectivity index (χ3v) is 8.53. The van der Waals surface area contributed by atoms with Crippen LogP contribution < -0.4 is 10.0 Å². The molecule has 0 spiro atoms. The average molecular weight is 459 g/mol. The quantitative estimate of drug-likeness (QED) is 0.606. The molecule has 0 aliphatic heterocycles. The van der Waals surface area contributed by atoms with Crippen LogP contribution >= 0.6 is 0 Å². The van der Waals surface area contributed by atoms with Gasteiger partial charge in [-0.15, -0.1) is 0 Å². The van der Waals surface area contributed by atoms with Gasteiger partial charge in [0.15, 0.2) is 0 Å². The number of hydrogen-bond acceptors (Lipinski definition) is 4. The first kappa shape index (κ1) is 24.4. The SMILES string of the molecule is CC(O)(c1ccccc1)c1ccc(NC(=O)[C@H]2CC[C@H](NS(=O)(=O)C(C)(C)C)CC2)cc1. The molecular weight excluding hydrogens is 424 g/mol. The van der Waals surface area contributed by atoms with Crippen LogP contribution in [0.1, 0.15) is 64.5 Å². The van der Waals surface area contributed by atoms with Gasteiger partial charge in [0.25, 0.3) is 0 Å². The number of amides is 1. The molecule has 2 aromatic carbocycles. The zero-order valence-electron chi connectivity index (χ0n) is 19.3. The van der Waals surface area contributed by atoms with E-state index in [1.165, 1.54) is 0 Å². The number of nitrogens with one attached hydrogen (secondary N) is 2. The van der Waals surface area contributed by atoms with E-state index in [1.54, 1.807) is 39.8 Å². The van der Waals surface area contributed by atoms with Gasteiger partial charge in [-0.25, -0.2) is 13.1 Å². The highest BCUT2D eigenvalue weighted by Gasteiger charge is 2.34. The Bertz CT molecular complexity index is 1020. The van der Waals surface area contributed by atoms with E-state index in [1.807, 2.05) is 42.5 Å². The van der Waals surface area contributed by atoms with Gasteiger partial charge in [-0.1, -0.05) is 42.5 Å². The molecule has 0 saturated heterocycles. The van der Waals surface area contributed by atoms with Crippen molar-refractivity contribution in [2.75, 3.05) is 5.32 Å². The molecule has 2 aromatic rings. The van der Waals surface area contributed by atoms with Crippen LogP contribution in [0.2, 0.25) is 0 Å². The van der Waals surface area contributed by atoms with Gasteiger partial charge >= 0.3 is 0 Å². The van der Waals surface area contributed by atoms with Gasteiger partial charge in [0, 0.05) is 17.6 Å². The topological polar surface area (TPSA) is 95.5 Å². The molecule has 0 bridgehead atoms. The monoisotopic (exact) mass is 458 g/mol. The number of aliphatic hydroxyl groups is 1. The minimum atomic E-state index is -3.39. The number of sulfonamides is 1. The molecule has 0 heterocycles.